The Kier molecular flexibility index (Phi) is 3.47. The zero-order chi connectivity index (χ0) is 12.4. The van der Waals surface area contributed by atoms with Gasteiger partial charge in [-0.3, -0.25) is 0 Å². The maximum atomic E-state index is 13.6. The minimum Gasteiger partial charge on any atom is -0.397 e. The fourth-order valence-electron chi connectivity index (χ4n) is 2.03. The van der Waals surface area contributed by atoms with Crippen LogP contribution in [0, 0.1) is 11.6 Å². The van der Waals surface area contributed by atoms with Crippen LogP contribution in [-0.4, -0.2) is 18.8 Å². The molecule has 3 nitrogen and oxygen atoms in total. The molecule has 0 aliphatic carbocycles. The van der Waals surface area contributed by atoms with Gasteiger partial charge in [0, 0.05) is 12.6 Å². The van der Waals surface area contributed by atoms with E-state index in [9.17, 15) is 8.78 Å². The summed E-state index contributed by atoms with van der Waals surface area (Å²) in [5, 5.41) is 2.90. The third-order valence-electron chi connectivity index (χ3n) is 3.02. The van der Waals surface area contributed by atoms with Crippen molar-refractivity contribution in [3.63, 3.8) is 0 Å². The molecule has 0 saturated carbocycles. The molecule has 1 aliphatic heterocycles. The Hall–Kier alpha value is -1.36. The summed E-state index contributed by atoms with van der Waals surface area (Å²) < 4.78 is 32.1. The summed E-state index contributed by atoms with van der Waals surface area (Å²) in [6.45, 7) is 2.59. The van der Waals surface area contributed by atoms with Crippen molar-refractivity contribution in [3.05, 3.63) is 23.8 Å². The fraction of sp³-hybridized carbons (Fsp3) is 0.500. The second-order valence-electron chi connectivity index (χ2n) is 4.31. The van der Waals surface area contributed by atoms with E-state index < -0.39 is 11.6 Å². The molecule has 3 N–H and O–H groups in total. The van der Waals surface area contributed by atoms with Gasteiger partial charge in [-0.1, -0.05) is 0 Å². The highest BCUT2D eigenvalue weighted by Gasteiger charge is 2.24. The summed E-state index contributed by atoms with van der Waals surface area (Å²) in [5.74, 6) is -1.84. The molecule has 1 aromatic rings. The second kappa shape index (κ2) is 4.87. The van der Waals surface area contributed by atoms with Gasteiger partial charge < -0.3 is 15.8 Å². The van der Waals surface area contributed by atoms with Gasteiger partial charge in [-0.25, -0.2) is 8.78 Å². The fourth-order valence-corrected chi connectivity index (χ4v) is 2.03. The molecule has 0 bridgehead atoms. The SMILES string of the molecule is CC(Nc1c(N)ccc(F)c1F)C1CCCO1. The van der Waals surface area contributed by atoms with Crippen molar-refractivity contribution in [1.82, 2.24) is 0 Å². The molecule has 1 aliphatic rings. The van der Waals surface area contributed by atoms with Crippen molar-refractivity contribution in [1.29, 1.82) is 0 Å². The maximum absolute atomic E-state index is 13.6. The average Bonchev–Trinajstić information content (AvgIpc) is 2.83. The first-order valence-electron chi connectivity index (χ1n) is 5.71. The highest BCUT2D eigenvalue weighted by Crippen LogP contribution is 2.27. The molecule has 17 heavy (non-hydrogen) atoms. The van der Waals surface area contributed by atoms with E-state index >= 15 is 0 Å². The topological polar surface area (TPSA) is 47.3 Å². The summed E-state index contributed by atoms with van der Waals surface area (Å²) in [6, 6.07) is 2.27. The van der Waals surface area contributed by atoms with E-state index in [1.807, 2.05) is 6.92 Å². The summed E-state index contributed by atoms with van der Waals surface area (Å²) in [6.07, 6.45) is 1.94. The maximum Gasteiger partial charge on any atom is 0.183 e. The average molecular weight is 242 g/mol. The molecule has 1 heterocycles. The molecule has 0 radical (unpaired) electrons. The molecular weight excluding hydrogens is 226 g/mol. The van der Waals surface area contributed by atoms with Crippen LogP contribution in [0.1, 0.15) is 19.8 Å². The van der Waals surface area contributed by atoms with E-state index in [4.69, 9.17) is 10.5 Å². The second-order valence-corrected chi connectivity index (χ2v) is 4.31. The first-order valence-corrected chi connectivity index (χ1v) is 5.71. The molecule has 2 unspecified atom stereocenters. The van der Waals surface area contributed by atoms with Gasteiger partial charge in [0.25, 0.3) is 0 Å². The molecule has 0 spiro atoms. The van der Waals surface area contributed by atoms with E-state index in [-0.39, 0.29) is 23.5 Å². The highest BCUT2D eigenvalue weighted by atomic mass is 19.2. The number of rotatable bonds is 3. The Morgan fingerprint density at radius 3 is 2.88 bits per heavy atom. The lowest BCUT2D eigenvalue weighted by Gasteiger charge is -2.22. The summed E-state index contributed by atoms with van der Waals surface area (Å²) in [5.41, 5.74) is 5.85. The van der Waals surface area contributed by atoms with Crippen molar-refractivity contribution < 1.29 is 13.5 Å². The number of nitrogens with two attached hydrogens (primary N) is 1. The van der Waals surface area contributed by atoms with Gasteiger partial charge in [-0.05, 0) is 31.9 Å². The number of hydrogen-bond acceptors (Lipinski definition) is 3. The Morgan fingerprint density at radius 1 is 1.47 bits per heavy atom. The van der Waals surface area contributed by atoms with Crippen LogP contribution < -0.4 is 11.1 Å². The molecule has 0 amide bonds. The predicted octanol–water partition coefficient (Wildman–Crippen LogP) is 2.53. The van der Waals surface area contributed by atoms with E-state index in [1.54, 1.807) is 0 Å². The van der Waals surface area contributed by atoms with Crippen LogP contribution >= 0.6 is 0 Å². The van der Waals surface area contributed by atoms with Crippen LogP contribution in [0.3, 0.4) is 0 Å². The van der Waals surface area contributed by atoms with Crippen molar-refractivity contribution >= 4 is 11.4 Å². The lowest BCUT2D eigenvalue weighted by molar-refractivity contribution is 0.0996. The van der Waals surface area contributed by atoms with Gasteiger partial charge in [0.05, 0.1) is 17.5 Å². The van der Waals surface area contributed by atoms with Gasteiger partial charge in [0.15, 0.2) is 11.6 Å². The lowest BCUT2D eigenvalue weighted by atomic mass is 10.1. The van der Waals surface area contributed by atoms with Crippen molar-refractivity contribution in [2.45, 2.75) is 31.9 Å². The number of nitrogen functional groups attached to an aromatic ring is 1. The lowest BCUT2D eigenvalue weighted by Crippen LogP contribution is -2.30. The minimum atomic E-state index is -0.935. The van der Waals surface area contributed by atoms with Gasteiger partial charge in [-0.2, -0.15) is 0 Å². The van der Waals surface area contributed by atoms with Gasteiger partial charge in [0.1, 0.15) is 0 Å². The molecule has 1 aromatic carbocycles. The minimum absolute atomic E-state index is 0.0213. The van der Waals surface area contributed by atoms with Crippen LogP contribution in [-0.2, 0) is 4.74 Å². The quantitative estimate of drug-likeness (QED) is 0.801. The third-order valence-corrected chi connectivity index (χ3v) is 3.02. The number of anilines is 2. The molecule has 5 heteroatoms. The monoisotopic (exact) mass is 242 g/mol. The van der Waals surface area contributed by atoms with Crippen LogP contribution in [0.25, 0.3) is 0 Å². The number of benzene rings is 1. The Morgan fingerprint density at radius 2 is 2.24 bits per heavy atom. The standard InChI is InChI=1S/C12H16F2N2O/c1-7(10-3-2-6-17-10)16-12-9(15)5-4-8(13)11(12)14/h4-5,7,10,16H,2-3,6,15H2,1H3. The zero-order valence-electron chi connectivity index (χ0n) is 9.67. The molecule has 94 valence electrons. The molecule has 2 atom stereocenters. The Labute approximate surface area is 98.9 Å². The van der Waals surface area contributed by atoms with E-state index in [1.165, 1.54) is 6.07 Å². The first-order chi connectivity index (χ1) is 8.09. The predicted molar refractivity (Wildman–Crippen MR) is 62.8 cm³/mol. The summed E-state index contributed by atoms with van der Waals surface area (Å²) >= 11 is 0. The normalized spacial score (nSPS) is 21.5. The summed E-state index contributed by atoms with van der Waals surface area (Å²) in [7, 11) is 0. The van der Waals surface area contributed by atoms with Crippen molar-refractivity contribution in [2.24, 2.45) is 0 Å². The van der Waals surface area contributed by atoms with Crippen LogP contribution in [0.4, 0.5) is 20.2 Å². The van der Waals surface area contributed by atoms with Crippen LogP contribution in [0.5, 0.6) is 0 Å². The van der Waals surface area contributed by atoms with Gasteiger partial charge in [0.2, 0.25) is 0 Å². The molecular formula is C12H16F2N2O. The van der Waals surface area contributed by atoms with E-state index in [0.29, 0.717) is 0 Å². The first kappa shape index (κ1) is 12.1. The smallest absolute Gasteiger partial charge is 0.183 e. The third kappa shape index (κ3) is 2.49. The number of halogens is 2. The van der Waals surface area contributed by atoms with E-state index in [2.05, 4.69) is 5.32 Å². The molecule has 1 fully saturated rings. The highest BCUT2D eigenvalue weighted by molar-refractivity contribution is 5.67. The Balaban J connectivity index is 2.14. The number of ether oxygens (including phenoxy) is 1. The molecule has 2 rings (SSSR count). The summed E-state index contributed by atoms with van der Waals surface area (Å²) in [4.78, 5) is 0. The van der Waals surface area contributed by atoms with Gasteiger partial charge >= 0.3 is 0 Å². The van der Waals surface area contributed by atoms with Crippen LogP contribution in [0.15, 0.2) is 12.1 Å². The van der Waals surface area contributed by atoms with Crippen molar-refractivity contribution in [2.75, 3.05) is 17.7 Å². The van der Waals surface area contributed by atoms with Crippen LogP contribution in [0.2, 0.25) is 0 Å². The molecule has 1 saturated heterocycles. The zero-order valence-corrected chi connectivity index (χ0v) is 9.67. The largest absolute Gasteiger partial charge is 0.397 e. The van der Waals surface area contributed by atoms with Crippen molar-refractivity contribution in [3.8, 4) is 0 Å². The number of nitrogens with one attached hydrogen (secondary N) is 1. The Bertz CT molecular complexity index is 406. The number of hydrogen-bond donors (Lipinski definition) is 2. The van der Waals surface area contributed by atoms with Gasteiger partial charge in [-0.15, -0.1) is 0 Å². The molecule has 0 aromatic heterocycles. The van der Waals surface area contributed by atoms with E-state index in [0.717, 1.165) is 25.5 Å².